The van der Waals surface area contributed by atoms with Crippen molar-refractivity contribution in [2.24, 2.45) is 0 Å². The quantitative estimate of drug-likeness (QED) is 0.943. The zero-order valence-corrected chi connectivity index (χ0v) is 12.8. The molecule has 0 aliphatic carbocycles. The van der Waals surface area contributed by atoms with Crippen LogP contribution in [-0.4, -0.2) is 19.1 Å². The van der Waals surface area contributed by atoms with Gasteiger partial charge in [-0.25, -0.2) is 4.39 Å². The van der Waals surface area contributed by atoms with Crippen molar-refractivity contribution < 1.29 is 18.7 Å². The SMILES string of the molecule is CC(NC(=O)c1ccc(F)cc1)c1ccc2c(c1)OCCCO2. The van der Waals surface area contributed by atoms with Gasteiger partial charge < -0.3 is 14.8 Å². The highest BCUT2D eigenvalue weighted by atomic mass is 19.1. The molecular formula is C18H18FNO3. The summed E-state index contributed by atoms with van der Waals surface area (Å²) in [7, 11) is 0. The number of carbonyl (C=O) groups is 1. The topological polar surface area (TPSA) is 47.6 Å². The lowest BCUT2D eigenvalue weighted by Crippen LogP contribution is -2.26. The summed E-state index contributed by atoms with van der Waals surface area (Å²) in [5.41, 5.74) is 1.34. The van der Waals surface area contributed by atoms with E-state index in [2.05, 4.69) is 5.32 Å². The number of halogens is 1. The Morgan fingerprint density at radius 1 is 1.09 bits per heavy atom. The molecule has 3 rings (SSSR count). The summed E-state index contributed by atoms with van der Waals surface area (Å²) in [6.07, 6.45) is 0.848. The van der Waals surface area contributed by atoms with Crippen molar-refractivity contribution in [3.8, 4) is 11.5 Å². The van der Waals surface area contributed by atoms with Crippen LogP contribution in [0.15, 0.2) is 42.5 Å². The van der Waals surface area contributed by atoms with Gasteiger partial charge in [-0.2, -0.15) is 0 Å². The van der Waals surface area contributed by atoms with E-state index >= 15 is 0 Å². The maximum absolute atomic E-state index is 12.9. The molecule has 0 aromatic heterocycles. The standard InChI is InChI=1S/C18H18FNO3/c1-12(20-18(21)13-3-6-15(19)7-4-13)14-5-8-16-17(11-14)23-10-2-9-22-16/h3-8,11-12H,2,9-10H2,1H3,(H,20,21). The lowest BCUT2D eigenvalue weighted by atomic mass is 10.1. The molecule has 5 heteroatoms. The second-order valence-electron chi connectivity index (χ2n) is 5.46. The summed E-state index contributed by atoms with van der Waals surface area (Å²) in [6, 6.07) is 10.9. The number of benzene rings is 2. The summed E-state index contributed by atoms with van der Waals surface area (Å²) < 4.78 is 24.2. The van der Waals surface area contributed by atoms with E-state index in [4.69, 9.17) is 9.47 Å². The Kier molecular flexibility index (Phi) is 4.46. The van der Waals surface area contributed by atoms with E-state index in [1.54, 1.807) is 0 Å². The normalized spacial score (nSPS) is 14.7. The predicted octanol–water partition coefficient (Wildman–Crippen LogP) is 3.48. The molecular weight excluding hydrogens is 297 g/mol. The summed E-state index contributed by atoms with van der Waals surface area (Å²) in [5.74, 6) is 0.813. The molecule has 4 nitrogen and oxygen atoms in total. The van der Waals surface area contributed by atoms with Crippen LogP contribution in [0.25, 0.3) is 0 Å². The third-order valence-electron chi connectivity index (χ3n) is 3.73. The number of hydrogen-bond donors (Lipinski definition) is 1. The van der Waals surface area contributed by atoms with E-state index in [-0.39, 0.29) is 17.8 Å². The van der Waals surface area contributed by atoms with Gasteiger partial charge >= 0.3 is 0 Å². The van der Waals surface area contributed by atoms with Gasteiger partial charge in [-0.05, 0) is 48.9 Å². The van der Waals surface area contributed by atoms with Crippen molar-refractivity contribution in [3.05, 3.63) is 59.4 Å². The molecule has 0 saturated carbocycles. The Balaban J connectivity index is 1.72. The van der Waals surface area contributed by atoms with Gasteiger partial charge in [0.2, 0.25) is 0 Å². The van der Waals surface area contributed by atoms with Crippen molar-refractivity contribution in [3.63, 3.8) is 0 Å². The number of amides is 1. The molecule has 2 aromatic carbocycles. The summed E-state index contributed by atoms with van der Waals surface area (Å²) in [6.45, 7) is 3.15. The first kappa shape index (κ1) is 15.3. The zero-order valence-electron chi connectivity index (χ0n) is 12.8. The fraction of sp³-hybridized carbons (Fsp3) is 0.278. The number of carbonyl (C=O) groups excluding carboxylic acids is 1. The van der Waals surface area contributed by atoms with Crippen LogP contribution in [0.2, 0.25) is 0 Å². The van der Waals surface area contributed by atoms with Crippen LogP contribution < -0.4 is 14.8 Å². The summed E-state index contributed by atoms with van der Waals surface area (Å²) in [4.78, 5) is 12.2. The number of rotatable bonds is 3. The van der Waals surface area contributed by atoms with Gasteiger partial charge in [0.1, 0.15) is 5.82 Å². The van der Waals surface area contributed by atoms with Gasteiger partial charge in [-0.1, -0.05) is 6.07 Å². The van der Waals surface area contributed by atoms with Gasteiger partial charge in [0.15, 0.2) is 11.5 Å². The summed E-state index contributed by atoms with van der Waals surface area (Å²) >= 11 is 0. The molecule has 0 fully saturated rings. The Hall–Kier alpha value is -2.56. The largest absolute Gasteiger partial charge is 0.490 e. The van der Waals surface area contributed by atoms with Crippen LogP contribution in [0, 0.1) is 5.82 Å². The van der Waals surface area contributed by atoms with E-state index in [0.717, 1.165) is 17.7 Å². The molecule has 1 aliphatic rings. The zero-order chi connectivity index (χ0) is 16.2. The van der Waals surface area contributed by atoms with Gasteiger partial charge in [-0.3, -0.25) is 4.79 Å². The first-order chi connectivity index (χ1) is 11.1. The number of fused-ring (bicyclic) bond motifs is 1. The minimum atomic E-state index is -0.363. The molecule has 1 atom stereocenters. The molecule has 1 unspecified atom stereocenters. The van der Waals surface area contributed by atoms with E-state index in [1.807, 2.05) is 25.1 Å². The third kappa shape index (κ3) is 3.62. The van der Waals surface area contributed by atoms with Gasteiger partial charge in [-0.15, -0.1) is 0 Å². The molecule has 1 heterocycles. The van der Waals surface area contributed by atoms with Gasteiger partial charge in [0.25, 0.3) is 5.91 Å². The van der Waals surface area contributed by atoms with E-state index in [9.17, 15) is 9.18 Å². The van der Waals surface area contributed by atoms with Crippen LogP contribution in [0.1, 0.15) is 35.3 Å². The lowest BCUT2D eigenvalue weighted by Gasteiger charge is -2.16. The fourth-order valence-electron chi connectivity index (χ4n) is 2.41. The molecule has 0 radical (unpaired) electrons. The van der Waals surface area contributed by atoms with Gasteiger partial charge in [0, 0.05) is 12.0 Å². The lowest BCUT2D eigenvalue weighted by molar-refractivity contribution is 0.0939. The maximum Gasteiger partial charge on any atom is 0.251 e. The van der Waals surface area contributed by atoms with Crippen molar-refractivity contribution >= 4 is 5.91 Å². The van der Waals surface area contributed by atoms with Crippen LogP contribution >= 0.6 is 0 Å². The smallest absolute Gasteiger partial charge is 0.251 e. The third-order valence-corrected chi connectivity index (χ3v) is 3.73. The molecule has 1 amide bonds. The highest BCUT2D eigenvalue weighted by Gasteiger charge is 2.15. The monoisotopic (exact) mass is 315 g/mol. The summed E-state index contributed by atoms with van der Waals surface area (Å²) in [5, 5.41) is 2.90. The van der Waals surface area contributed by atoms with Crippen molar-refractivity contribution in [2.45, 2.75) is 19.4 Å². The van der Waals surface area contributed by atoms with E-state index in [0.29, 0.717) is 24.5 Å². The van der Waals surface area contributed by atoms with Crippen LogP contribution in [0.5, 0.6) is 11.5 Å². The molecule has 0 saturated heterocycles. The molecule has 1 N–H and O–H groups in total. The Labute approximate surface area is 134 Å². The highest BCUT2D eigenvalue weighted by molar-refractivity contribution is 5.94. The second kappa shape index (κ2) is 6.69. The minimum absolute atomic E-state index is 0.204. The first-order valence-corrected chi connectivity index (χ1v) is 7.59. The number of ether oxygens (including phenoxy) is 2. The molecule has 2 aromatic rings. The Bertz CT molecular complexity index is 700. The molecule has 0 spiro atoms. The van der Waals surface area contributed by atoms with Crippen LogP contribution in [0.3, 0.4) is 0 Å². The average Bonchev–Trinajstić information content (AvgIpc) is 2.79. The molecule has 120 valence electrons. The van der Waals surface area contributed by atoms with Gasteiger partial charge in [0.05, 0.1) is 19.3 Å². The Morgan fingerprint density at radius 3 is 2.52 bits per heavy atom. The molecule has 0 bridgehead atoms. The van der Waals surface area contributed by atoms with E-state index < -0.39 is 0 Å². The average molecular weight is 315 g/mol. The molecule has 23 heavy (non-hydrogen) atoms. The minimum Gasteiger partial charge on any atom is -0.490 e. The van der Waals surface area contributed by atoms with Crippen molar-refractivity contribution in [2.75, 3.05) is 13.2 Å². The first-order valence-electron chi connectivity index (χ1n) is 7.59. The Morgan fingerprint density at radius 2 is 1.78 bits per heavy atom. The molecule has 1 aliphatic heterocycles. The van der Waals surface area contributed by atoms with Crippen LogP contribution in [-0.2, 0) is 0 Å². The maximum atomic E-state index is 12.9. The van der Waals surface area contributed by atoms with Crippen molar-refractivity contribution in [1.29, 1.82) is 0 Å². The predicted molar refractivity (Wildman–Crippen MR) is 84.3 cm³/mol. The fourth-order valence-corrected chi connectivity index (χ4v) is 2.41. The number of hydrogen-bond acceptors (Lipinski definition) is 3. The van der Waals surface area contributed by atoms with Crippen molar-refractivity contribution in [1.82, 2.24) is 5.32 Å². The highest BCUT2D eigenvalue weighted by Crippen LogP contribution is 2.32. The van der Waals surface area contributed by atoms with E-state index in [1.165, 1.54) is 24.3 Å². The van der Waals surface area contributed by atoms with Crippen LogP contribution in [0.4, 0.5) is 4.39 Å². The second-order valence-corrected chi connectivity index (χ2v) is 5.46. The number of nitrogens with one attached hydrogen (secondary N) is 1.